The van der Waals surface area contributed by atoms with Crippen LogP contribution in [0.15, 0.2) is 23.4 Å². The molecule has 0 radical (unpaired) electrons. The van der Waals surface area contributed by atoms with E-state index in [1.54, 1.807) is 6.92 Å². The third-order valence-corrected chi connectivity index (χ3v) is 4.12. The Morgan fingerprint density at radius 1 is 1.32 bits per heavy atom. The van der Waals surface area contributed by atoms with Crippen molar-refractivity contribution in [3.05, 3.63) is 28.8 Å². The first-order valence-electron chi connectivity index (χ1n) is 7.16. The van der Waals surface area contributed by atoms with Gasteiger partial charge in [0.15, 0.2) is 6.61 Å². The SMILES string of the molecule is CCC#CCON=C(CC)c1cc(Cl)ccc1NS(=O)(=O)C(F)(F)F. The van der Waals surface area contributed by atoms with Gasteiger partial charge in [-0.15, -0.1) is 0 Å². The molecular weight excluding hydrogens is 381 g/mol. The Kier molecular flexibility index (Phi) is 7.58. The minimum atomic E-state index is -5.57. The fraction of sp³-hybridized carbons (Fsp3) is 0.400. The van der Waals surface area contributed by atoms with Gasteiger partial charge < -0.3 is 4.84 Å². The Hall–Kier alpha value is -1.92. The van der Waals surface area contributed by atoms with Crippen molar-refractivity contribution in [3.8, 4) is 11.8 Å². The molecule has 1 aromatic carbocycles. The lowest BCUT2D eigenvalue weighted by atomic mass is 10.1. The molecule has 0 fully saturated rings. The van der Waals surface area contributed by atoms with Gasteiger partial charge in [0.25, 0.3) is 0 Å². The van der Waals surface area contributed by atoms with Gasteiger partial charge in [0, 0.05) is 17.0 Å². The summed E-state index contributed by atoms with van der Waals surface area (Å²) < 4.78 is 62.0. The molecule has 0 aromatic heterocycles. The van der Waals surface area contributed by atoms with Crippen LogP contribution in [0.25, 0.3) is 0 Å². The van der Waals surface area contributed by atoms with Gasteiger partial charge in [-0.2, -0.15) is 21.6 Å². The summed E-state index contributed by atoms with van der Waals surface area (Å²) in [5.41, 5.74) is -5.43. The number of rotatable bonds is 6. The monoisotopic (exact) mass is 396 g/mol. The second-order valence-corrected chi connectivity index (χ2v) is 6.72. The maximum atomic E-state index is 12.6. The molecule has 0 aliphatic rings. The van der Waals surface area contributed by atoms with Gasteiger partial charge in [0.05, 0.1) is 11.4 Å². The van der Waals surface area contributed by atoms with E-state index in [1.807, 2.05) is 6.92 Å². The van der Waals surface area contributed by atoms with Crippen molar-refractivity contribution in [1.82, 2.24) is 0 Å². The van der Waals surface area contributed by atoms with Gasteiger partial charge >= 0.3 is 15.5 Å². The highest BCUT2D eigenvalue weighted by Gasteiger charge is 2.46. The second-order valence-electron chi connectivity index (χ2n) is 4.61. The van der Waals surface area contributed by atoms with Crippen molar-refractivity contribution in [2.24, 2.45) is 5.16 Å². The summed E-state index contributed by atoms with van der Waals surface area (Å²) in [4.78, 5) is 5.01. The molecule has 5 nitrogen and oxygen atoms in total. The lowest BCUT2D eigenvalue weighted by Gasteiger charge is -2.15. The zero-order valence-electron chi connectivity index (χ0n) is 13.4. The highest BCUT2D eigenvalue weighted by Crippen LogP contribution is 2.29. The Labute approximate surface area is 149 Å². The van der Waals surface area contributed by atoms with E-state index in [0.29, 0.717) is 6.42 Å². The van der Waals surface area contributed by atoms with Crippen LogP contribution in [0.2, 0.25) is 5.02 Å². The van der Waals surface area contributed by atoms with Crippen LogP contribution < -0.4 is 4.72 Å². The topological polar surface area (TPSA) is 67.8 Å². The predicted molar refractivity (Wildman–Crippen MR) is 90.9 cm³/mol. The maximum absolute atomic E-state index is 12.6. The van der Waals surface area contributed by atoms with E-state index < -0.39 is 15.5 Å². The van der Waals surface area contributed by atoms with E-state index in [-0.39, 0.29) is 35.0 Å². The number of hydrogen-bond acceptors (Lipinski definition) is 4. The van der Waals surface area contributed by atoms with E-state index in [9.17, 15) is 21.6 Å². The lowest BCUT2D eigenvalue weighted by Crippen LogP contribution is -2.30. The number of hydrogen-bond donors (Lipinski definition) is 1. The Morgan fingerprint density at radius 3 is 2.56 bits per heavy atom. The Bertz CT molecular complexity index is 796. The summed E-state index contributed by atoms with van der Waals surface area (Å²) in [6, 6.07) is 3.70. The van der Waals surface area contributed by atoms with Crippen molar-refractivity contribution >= 4 is 33.0 Å². The Balaban J connectivity index is 3.20. The number of oxime groups is 1. The van der Waals surface area contributed by atoms with Gasteiger partial charge in [0.2, 0.25) is 0 Å². The van der Waals surface area contributed by atoms with Crippen LogP contribution in [0.5, 0.6) is 0 Å². The molecule has 0 aliphatic heterocycles. The summed E-state index contributed by atoms with van der Waals surface area (Å²) in [5.74, 6) is 5.45. The highest BCUT2D eigenvalue weighted by molar-refractivity contribution is 7.93. The van der Waals surface area contributed by atoms with Gasteiger partial charge in [-0.1, -0.05) is 42.4 Å². The average molecular weight is 397 g/mol. The van der Waals surface area contributed by atoms with E-state index in [2.05, 4.69) is 17.0 Å². The first-order valence-corrected chi connectivity index (χ1v) is 9.02. The van der Waals surface area contributed by atoms with Crippen molar-refractivity contribution < 1.29 is 26.4 Å². The molecule has 0 unspecified atom stereocenters. The second kappa shape index (κ2) is 8.97. The lowest BCUT2D eigenvalue weighted by molar-refractivity contribution is -0.0429. The molecule has 0 heterocycles. The molecule has 0 aliphatic carbocycles. The molecule has 1 N–H and O–H groups in total. The third-order valence-electron chi connectivity index (χ3n) is 2.79. The molecule has 0 atom stereocenters. The molecule has 0 spiro atoms. The van der Waals surface area contributed by atoms with E-state index >= 15 is 0 Å². The van der Waals surface area contributed by atoms with Crippen LogP contribution in [0.3, 0.4) is 0 Å². The van der Waals surface area contributed by atoms with E-state index in [0.717, 1.165) is 6.07 Å². The number of nitrogens with one attached hydrogen (secondary N) is 1. The summed E-state index contributed by atoms with van der Waals surface area (Å²) >= 11 is 5.86. The molecule has 0 saturated carbocycles. The summed E-state index contributed by atoms with van der Waals surface area (Å²) in [7, 11) is -5.57. The number of benzene rings is 1. The quantitative estimate of drug-likeness (QED) is 0.340. The molecular formula is C15H16ClF3N2O3S. The van der Waals surface area contributed by atoms with Crippen LogP contribution in [-0.2, 0) is 14.9 Å². The van der Waals surface area contributed by atoms with Crippen LogP contribution in [-0.4, -0.2) is 26.2 Å². The normalized spacial score (nSPS) is 12.3. The fourth-order valence-electron chi connectivity index (χ4n) is 1.67. The zero-order valence-corrected chi connectivity index (χ0v) is 15.0. The largest absolute Gasteiger partial charge is 0.516 e. The minimum Gasteiger partial charge on any atom is -0.382 e. The summed E-state index contributed by atoms with van der Waals surface area (Å²) in [5, 5.41) is 4.02. The average Bonchev–Trinajstić information content (AvgIpc) is 2.51. The molecule has 0 amide bonds. The standard InChI is InChI=1S/C15H16ClF3N2O3S/c1-3-5-6-9-24-20-13(4-2)12-10-11(16)7-8-14(12)21-25(22,23)15(17,18)19/h7-8,10,21H,3-4,9H2,1-2H3. The predicted octanol–water partition coefficient (Wildman–Crippen LogP) is 4.15. The summed E-state index contributed by atoms with van der Waals surface area (Å²) in [6.07, 6.45) is 0.910. The Morgan fingerprint density at radius 2 is 2.00 bits per heavy atom. The number of sulfonamides is 1. The van der Waals surface area contributed by atoms with Gasteiger partial charge in [-0.25, -0.2) is 0 Å². The number of anilines is 1. The van der Waals surface area contributed by atoms with E-state index in [1.165, 1.54) is 16.9 Å². The fourth-order valence-corrected chi connectivity index (χ4v) is 2.42. The molecule has 138 valence electrons. The molecule has 25 heavy (non-hydrogen) atoms. The van der Waals surface area contributed by atoms with E-state index in [4.69, 9.17) is 16.4 Å². The molecule has 10 heteroatoms. The first kappa shape index (κ1) is 21.1. The van der Waals surface area contributed by atoms with Crippen molar-refractivity contribution in [2.75, 3.05) is 11.3 Å². The van der Waals surface area contributed by atoms with Crippen LogP contribution >= 0.6 is 11.6 Å². The summed E-state index contributed by atoms with van der Waals surface area (Å²) in [6.45, 7) is 3.54. The van der Waals surface area contributed by atoms with Gasteiger partial charge in [0.1, 0.15) is 0 Å². The highest BCUT2D eigenvalue weighted by atomic mass is 35.5. The molecule has 0 saturated heterocycles. The number of alkyl halides is 3. The minimum absolute atomic E-state index is 0.00151. The van der Waals surface area contributed by atoms with Gasteiger partial charge in [-0.05, 0) is 24.6 Å². The van der Waals surface area contributed by atoms with Gasteiger partial charge in [-0.3, -0.25) is 4.72 Å². The molecule has 0 bridgehead atoms. The molecule has 1 rings (SSSR count). The zero-order chi connectivity index (χ0) is 19.1. The third kappa shape index (κ3) is 6.14. The van der Waals surface area contributed by atoms with Crippen LogP contribution in [0.4, 0.5) is 18.9 Å². The van der Waals surface area contributed by atoms with Crippen molar-refractivity contribution in [2.45, 2.75) is 32.2 Å². The van der Waals surface area contributed by atoms with Crippen LogP contribution in [0, 0.1) is 11.8 Å². The van der Waals surface area contributed by atoms with Crippen molar-refractivity contribution in [1.29, 1.82) is 0 Å². The smallest absolute Gasteiger partial charge is 0.382 e. The molecule has 1 aromatic rings. The number of nitrogens with zero attached hydrogens (tertiary/aromatic N) is 1. The van der Waals surface area contributed by atoms with Crippen LogP contribution in [0.1, 0.15) is 32.3 Å². The maximum Gasteiger partial charge on any atom is 0.516 e. The number of halogens is 4. The first-order chi connectivity index (χ1) is 11.6. The van der Waals surface area contributed by atoms with Crippen molar-refractivity contribution in [3.63, 3.8) is 0 Å².